The number of halogens is 1. The van der Waals surface area contributed by atoms with Gasteiger partial charge in [-0.1, -0.05) is 33.1 Å². The smallest absolute Gasteiger partial charge is 0.239 e. The normalized spacial score (nSPS) is 25.8. The molecular weight excluding hydrogens is 340 g/mol. The fourth-order valence-corrected chi connectivity index (χ4v) is 3.84. The van der Waals surface area contributed by atoms with E-state index in [2.05, 4.69) is 17.1 Å². The van der Waals surface area contributed by atoms with Crippen molar-refractivity contribution in [3.8, 4) is 0 Å². The molecule has 0 spiro atoms. The van der Waals surface area contributed by atoms with Gasteiger partial charge in [-0.3, -0.25) is 14.5 Å². The monoisotopic (exact) mass is 374 g/mol. The number of hydrogen-bond acceptors (Lipinski definition) is 4. The van der Waals surface area contributed by atoms with E-state index in [0.29, 0.717) is 31.6 Å². The lowest BCUT2D eigenvalue weighted by Crippen LogP contribution is -2.55. The number of nitrogens with two attached hydrogens (primary N) is 1. The zero-order valence-corrected chi connectivity index (χ0v) is 16.5. The van der Waals surface area contributed by atoms with E-state index < -0.39 is 0 Å². The second-order valence-corrected chi connectivity index (χ2v) is 7.53. The Kier molecular flexibility index (Phi) is 9.75. The highest BCUT2D eigenvalue weighted by atomic mass is 35.5. The molecule has 146 valence electrons. The van der Waals surface area contributed by atoms with E-state index in [4.69, 9.17) is 5.73 Å². The number of carbonyl (C=O) groups is 2. The van der Waals surface area contributed by atoms with Crippen molar-refractivity contribution in [1.29, 1.82) is 0 Å². The topological polar surface area (TPSA) is 78.7 Å². The average Bonchev–Trinajstić information content (AvgIpc) is 2.55. The van der Waals surface area contributed by atoms with Gasteiger partial charge in [0.15, 0.2) is 0 Å². The van der Waals surface area contributed by atoms with E-state index in [1.807, 2.05) is 11.8 Å². The number of amides is 2. The third-order valence-electron chi connectivity index (χ3n) is 5.27. The van der Waals surface area contributed by atoms with Gasteiger partial charge in [0.2, 0.25) is 11.8 Å². The van der Waals surface area contributed by atoms with Crippen molar-refractivity contribution in [1.82, 2.24) is 15.1 Å². The van der Waals surface area contributed by atoms with Gasteiger partial charge in [0, 0.05) is 32.2 Å². The summed E-state index contributed by atoms with van der Waals surface area (Å²) in [5.41, 5.74) is 5.92. The molecule has 3 N–H and O–H groups in total. The number of nitrogens with one attached hydrogen (secondary N) is 1. The molecule has 1 aliphatic heterocycles. The van der Waals surface area contributed by atoms with Gasteiger partial charge in [0.25, 0.3) is 0 Å². The summed E-state index contributed by atoms with van der Waals surface area (Å²) in [5, 5.41) is 3.18. The second kappa shape index (κ2) is 11.0. The maximum Gasteiger partial charge on any atom is 0.239 e. The molecule has 0 aromatic rings. The van der Waals surface area contributed by atoms with Gasteiger partial charge in [-0.05, 0) is 25.2 Å². The molecule has 1 saturated heterocycles. The molecule has 3 atom stereocenters. The van der Waals surface area contributed by atoms with Crippen molar-refractivity contribution in [2.45, 2.75) is 64.5 Å². The quantitative estimate of drug-likeness (QED) is 0.736. The molecule has 0 bridgehead atoms. The Morgan fingerprint density at radius 2 is 1.88 bits per heavy atom. The molecule has 3 unspecified atom stereocenters. The SMILES string of the molecule is CCCC(N)C(=O)N1CCN(CC(=O)NC2CCCC(C)C2)CC1.Cl. The van der Waals surface area contributed by atoms with Crippen LogP contribution in [0.2, 0.25) is 0 Å². The highest BCUT2D eigenvalue weighted by Crippen LogP contribution is 2.23. The van der Waals surface area contributed by atoms with Gasteiger partial charge >= 0.3 is 0 Å². The van der Waals surface area contributed by atoms with Gasteiger partial charge in [-0.25, -0.2) is 0 Å². The summed E-state index contributed by atoms with van der Waals surface area (Å²) in [4.78, 5) is 28.4. The van der Waals surface area contributed by atoms with Crippen LogP contribution in [0.25, 0.3) is 0 Å². The van der Waals surface area contributed by atoms with E-state index in [-0.39, 0.29) is 30.3 Å². The predicted octanol–water partition coefficient (Wildman–Crippen LogP) is 1.37. The fraction of sp³-hybridized carbons (Fsp3) is 0.889. The molecule has 0 aromatic carbocycles. The van der Waals surface area contributed by atoms with Crippen LogP contribution in [-0.4, -0.2) is 66.4 Å². The first-order chi connectivity index (χ1) is 11.5. The third kappa shape index (κ3) is 7.12. The van der Waals surface area contributed by atoms with Crippen LogP contribution >= 0.6 is 12.4 Å². The molecular formula is C18H35ClN4O2. The molecule has 6 nitrogen and oxygen atoms in total. The molecule has 0 aromatic heterocycles. The second-order valence-electron chi connectivity index (χ2n) is 7.53. The van der Waals surface area contributed by atoms with Crippen LogP contribution in [0.15, 0.2) is 0 Å². The number of hydrogen-bond donors (Lipinski definition) is 2. The van der Waals surface area contributed by atoms with E-state index in [1.54, 1.807) is 0 Å². The van der Waals surface area contributed by atoms with Crippen LogP contribution in [-0.2, 0) is 9.59 Å². The van der Waals surface area contributed by atoms with Gasteiger partial charge in [-0.15, -0.1) is 12.4 Å². The van der Waals surface area contributed by atoms with E-state index in [1.165, 1.54) is 12.8 Å². The number of rotatable bonds is 6. The molecule has 2 amide bonds. The van der Waals surface area contributed by atoms with Crippen LogP contribution < -0.4 is 11.1 Å². The third-order valence-corrected chi connectivity index (χ3v) is 5.27. The zero-order chi connectivity index (χ0) is 17.5. The lowest BCUT2D eigenvalue weighted by Gasteiger charge is -2.36. The molecule has 25 heavy (non-hydrogen) atoms. The van der Waals surface area contributed by atoms with Crippen LogP contribution in [0.4, 0.5) is 0 Å². The highest BCUT2D eigenvalue weighted by Gasteiger charge is 2.26. The summed E-state index contributed by atoms with van der Waals surface area (Å²) in [5.74, 6) is 0.889. The molecule has 2 rings (SSSR count). The van der Waals surface area contributed by atoms with Gasteiger partial charge in [-0.2, -0.15) is 0 Å². The number of nitrogens with zero attached hydrogens (tertiary/aromatic N) is 2. The van der Waals surface area contributed by atoms with E-state index >= 15 is 0 Å². The van der Waals surface area contributed by atoms with Crippen LogP contribution in [0, 0.1) is 5.92 Å². The first-order valence-corrected chi connectivity index (χ1v) is 9.55. The van der Waals surface area contributed by atoms with Crippen molar-refractivity contribution in [3.63, 3.8) is 0 Å². The summed E-state index contributed by atoms with van der Waals surface area (Å²) in [7, 11) is 0. The number of carbonyl (C=O) groups excluding carboxylic acids is 2. The minimum absolute atomic E-state index is 0. The van der Waals surface area contributed by atoms with E-state index in [0.717, 1.165) is 38.8 Å². The Labute approximate surface area is 158 Å². The minimum atomic E-state index is -0.377. The zero-order valence-electron chi connectivity index (χ0n) is 15.7. The summed E-state index contributed by atoms with van der Waals surface area (Å²) < 4.78 is 0. The molecule has 1 heterocycles. The molecule has 2 aliphatic rings. The largest absolute Gasteiger partial charge is 0.352 e. The first kappa shape index (κ1) is 22.2. The average molecular weight is 375 g/mol. The highest BCUT2D eigenvalue weighted by molar-refractivity contribution is 5.85. The molecule has 7 heteroatoms. The molecule has 2 fully saturated rings. The number of piperazine rings is 1. The van der Waals surface area contributed by atoms with Crippen LogP contribution in [0.3, 0.4) is 0 Å². The predicted molar refractivity (Wildman–Crippen MR) is 103 cm³/mol. The maximum atomic E-state index is 12.2. The Morgan fingerprint density at radius 3 is 2.48 bits per heavy atom. The standard InChI is InChI=1S/C18H34N4O2.ClH/c1-3-5-16(19)18(24)22-10-8-21(9-11-22)13-17(23)20-15-7-4-6-14(2)12-15;/h14-16H,3-13,19H2,1-2H3,(H,20,23);1H. The molecule has 1 saturated carbocycles. The molecule has 1 aliphatic carbocycles. The Morgan fingerprint density at radius 1 is 1.20 bits per heavy atom. The summed E-state index contributed by atoms with van der Waals surface area (Å²) in [6.45, 7) is 7.58. The van der Waals surface area contributed by atoms with Gasteiger partial charge in [0.05, 0.1) is 12.6 Å². The Hall–Kier alpha value is -0.850. The summed E-state index contributed by atoms with van der Waals surface area (Å²) in [6, 6.07) is -0.0331. The van der Waals surface area contributed by atoms with Crippen molar-refractivity contribution in [2.75, 3.05) is 32.7 Å². The van der Waals surface area contributed by atoms with Crippen molar-refractivity contribution in [2.24, 2.45) is 11.7 Å². The van der Waals surface area contributed by atoms with Gasteiger partial charge < -0.3 is 16.0 Å². The summed E-state index contributed by atoms with van der Waals surface area (Å²) in [6.07, 6.45) is 6.36. The minimum Gasteiger partial charge on any atom is -0.352 e. The summed E-state index contributed by atoms with van der Waals surface area (Å²) >= 11 is 0. The Balaban J connectivity index is 0.00000312. The van der Waals surface area contributed by atoms with Gasteiger partial charge in [0.1, 0.15) is 0 Å². The van der Waals surface area contributed by atoms with E-state index in [9.17, 15) is 9.59 Å². The lowest BCUT2D eigenvalue weighted by atomic mass is 9.87. The maximum absolute atomic E-state index is 12.2. The van der Waals surface area contributed by atoms with Crippen molar-refractivity contribution < 1.29 is 9.59 Å². The van der Waals surface area contributed by atoms with Crippen LogP contribution in [0.5, 0.6) is 0 Å². The van der Waals surface area contributed by atoms with Crippen LogP contribution in [0.1, 0.15) is 52.4 Å². The Bertz CT molecular complexity index is 427. The van der Waals surface area contributed by atoms with Crippen molar-refractivity contribution in [3.05, 3.63) is 0 Å². The molecule has 0 radical (unpaired) electrons. The van der Waals surface area contributed by atoms with Crippen molar-refractivity contribution >= 4 is 24.2 Å². The first-order valence-electron chi connectivity index (χ1n) is 9.55. The fourth-order valence-electron chi connectivity index (χ4n) is 3.84. The lowest BCUT2D eigenvalue weighted by molar-refractivity contribution is -0.134.